The van der Waals surface area contributed by atoms with Gasteiger partial charge in [-0.3, -0.25) is 0 Å². The molecule has 0 radical (unpaired) electrons. The third kappa shape index (κ3) is 1.14. The fraction of sp³-hybridized carbons (Fsp3) is 1.00. The van der Waals surface area contributed by atoms with Gasteiger partial charge in [0.25, 0.3) is 0 Å². The number of hydrogen-bond donors (Lipinski definition) is 2. The first-order valence-electron chi connectivity index (χ1n) is 2.78. The van der Waals surface area contributed by atoms with Crippen molar-refractivity contribution in [3.63, 3.8) is 0 Å². The van der Waals surface area contributed by atoms with E-state index >= 15 is 0 Å². The van der Waals surface area contributed by atoms with Crippen molar-refractivity contribution in [2.45, 2.75) is 25.4 Å². The zero-order valence-electron chi connectivity index (χ0n) is 4.65. The fourth-order valence-corrected chi connectivity index (χ4v) is 0.973. The molecule has 7 heavy (non-hydrogen) atoms. The van der Waals surface area contributed by atoms with Crippen molar-refractivity contribution in [1.29, 1.82) is 0 Å². The van der Waals surface area contributed by atoms with Crippen LogP contribution < -0.4 is 11.1 Å². The highest BCUT2D eigenvalue weighted by molar-refractivity contribution is 4.79. The quantitative estimate of drug-likeness (QED) is 0.438. The molecule has 0 unspecified atom stereocenters. The Kier molecular flexibility index (Phi) is 1.30. The predicted molar refractivity (Wildman–Crippen MR) is 30.1 cm³/mol. The van der Waals surface area contributed by atoms with Gasteiger partial charge in [0.05, 0.1) is 0 Å². The van der Waals surface area contributed by atoms with Crippen LogP contribution in [-0.4, -0.2) is 18.6 Å². The highest BCUT2D eigenvalue weighted by atomic mass is 15.0. The van der Waals surface area contributed by atoms with Crippen LogP contribution in [0.25, 0.3) is 0 Å². The van der Waals surface area contributed by atoms with E-state index in [1.54, 1.807) is 0 Å². The molecular formula is C5H12N2. The van der Waals surface area contributed by atoms with Crippen molar-refractivity contribution >= 4 is 0 Å². The summed E-state index contributed by atoms with van der Waals surface area (Å²) in [5, 5.41) is 3.24. The normalized spacial score (nSPS) is 42.0. The summed E-state index contributed by atoms with van der Waals surface area (Å²) in [6.45, 7) is 3.16. The maximum atomic E-state index is 5.56. The Labute approximate surface area is 44.1 Å². The zero-order chi connectivity index (χ0) is 5.28. The molecule has 0 aromatic carbocycles. The third-order valence-electron chi connectivity index (χ3n) is 1.38. The summed E-state index contributed by atoms with van der Waals surface area (Å²) in [5.41, 5.74) is 5.56. The molecule has 42 valence electrons. The number of nitrogens with one attached hydrogen (secondary N) is 1. The Morgan fingerprint density at radius 1 is 1.71 bits per heavy atom. The SMILES string of the molecule is C[C@H]1C[C@@H](N)CN1. The Morgan fingerprint density at radius 2 is 2.43 bits per heavy atom. The van der Waals surface area contributed by atoms with Crippen LogP contribution in [0.5, 0.6) is 0 Å². The van der Waals surface area contributed by atoms with Crippen LogP contribution in [0.2, 0.25) is 0 Å². The molecule has 1 aliphatic rings. The number of rotatable bonds is 0. The van der Waals surface area contributed by atoms with Crippen LogP contribution in [0, 0.1) is 0 Å². The minimum atomic E-state index is 0.412. The number of nitrogens with two attached hydrogens (primary N) is 1. The van der Waals surface area contributed by atoms with Gasteiger partial charge in [-0.25, -0.2) is 0 Å². The Hall–Kier alpha value is -0.0800. The monoisotopic (exact) mass is 100 g/mol. The first-order chi connectivity index (χ1) is 3.29. The van der Waals surface area contributed by atoms with Gasteiger partial charge in [-0.15, -0.1) is 0 Å². The first-order valence-corrected chi connectivity index (χ1v) is 2.78. The molecule has 2 atom stereocenters. The van der Waals surface area contributed by atoms with Gasteiger partial charge < -0.3 is 11.1 Å². The molecule has 1 heterocycles. The summed E-state index contributed by atoms with van der Waals surface area (Å²) >= 11 is 0. The molecule has 0 amide bonds. The lowest BCUT2D eigenvalue weighted by atomic mass is 10.2. The summed E-state index contributed by atoms with van der Waals surface area (Å²) in [7, 11) is 0. The zero-order valence-corrected chi connectivity index (χ0v) is 4.65. The minimum absolute atomic E-state index is 0.412. The molecule has 2 nitrogen and oxygen atoms in total. The van der Waals surface area contributed by atoms with Crippen LogP contribution in [0.15, 0.2) is 0 Å². The smallest absolute Gasteiger partial charge is 0.0180 e. The third-order valence-corrected chi connectivity index (χ3v) is 1.38. The van der Waals surface area contributed by atoms with Crippen LogP contribution >= 0.6 is 0 Å². The van der Waals surface area contributed by atoms with Crippen molar-refractivity contribution in [2.24, 2.45) is 5.73 Å². The molecule has 1 fully saturated rings. The second kappa shape index (κ2) is 1.80. The van der Waals surface area contributed by atoms with E-state index in [2.05, 4.69) is 12.2 Å². The molecule has 0 saturated carbocycles. The Balaban J connectivity index is 2.26. The molecular weight excluding hydrogens is 88.1 g/mol. The van der Waals surface area contributed by atoms with E-state index < -0.39 is 0 Å². The molecule has 1 rings (SSSR count). The van der Waals surface area contributed by atoms with Crippen LogP contribution in [0.3, 0.4) is 0 Å². The van der Waals surface area contributed by atoms with E-state index in [1.165, 1.54) is 0 Å². The summed E-state index contributed by atoms with van der Waals surface area (Å²) in [5.74, 6) is 0. The molecule has 0 aromatic rings. The lowest BCUT2D eigenvalue weighted by Crippen LogP contribution is -2.22. The predicted octanol–water partition coefficient (Wildman–Crippen LogP) is -0.305. The van der Waals surface area contributed by atoms with Crippen molar-refractivity contribution in [2.75, 3.05) is 6.54 Å². The van der Waals surface area contributed by atoms with Gasteiger partial charge in [0.1, 0.15) is 0 Å². The van der Waals surface area contributed by atoms with Crippen molar-refractivity contribution in [1.82, 2.24) is 5.32 Å². The maximum Gasteiger partial charge on any atom is 0.0180 e. The van der Waals surface area contributed by atoms with E-state index in [0.717, 1.165) is 13.0 Å². The van der Waals surface area contributed by atoms with Crippen molar-refractivity contribution in [3.8, 4) is 0 Å². The first kappa shape index (κ1) is 5.06. The van der Waals surface area contributed by atoms with Gasteiger partial charge in [-0.1, -0.05) is 0 Å². The van der Waals surface area contributed by atoms with Gasteiger partial charge >= 0.3 is 0 Å². The minimum Gasteiger partial charge on any atom is -0.326 e. The van der Waals surface area contributed by atoms with Gasteiger partial charge in [-0.2, -0.15) is 0 Å². The van der Waals surface area contributed by atoms with Crippen molar-refractivity contribution < 1.29 is 0 Å². The Morgan fingerprint density at radius 3 is 2.57 bits per heavy atom. The van der Waals surface area contributed by atoms with E-state index in [9.17, 15) is 0 Å². The number of hydrogen-bond acceptors (Lipinski definition) is 2. The molecule has 0 spiro atoms. The molecule has 0 aliphatic carbocycles. The topological polar surface area (TPSA) is 38.0 Å². The lowest BCUT2D eigenvalue weighted by molar-refractivity contribution is 0.657. The van der Waals surface area contributed by atoms with E-state index in [-0.39, 0.29) is 0 Å². The van der Waals surface area contributed by atoms with Gasteiger partial charge in [0, 0.05) is 18.6 Å². The largest absolute Gasteiger partial charge is 0.326 e. The van der Waals surface area contributed by atoms with Gasteiger partial charge in [0.15, 0.2) is 0 Å². The fourth-order valence-electron chi connectivity index (χ4n) is 0.973. The summed E-state index contributed by atoms with van der Waals surface area (Å²) < 4.78 is 0. The molecule has 3 N–H and O–H groups in total. The van der Waals surface area contributed by atoms with E-state index in [1.807, 2.05) is 0 Å². The molecule has 2 heteroatoms. The molecule has 0 bridgehead atoms. The highest BCUT2D eigenvalue weighted by Gasteiger charge is 2.15. The summed E-state index contributed by atoms with van der Waals surface area (Å²) in [6, 6.07) is 1.06. The molecule has 1 aliphatic heterocycles. The molecule has 0 aromatic heterocycles. The second-order valence-electron chi connectivity index (χ2n) is 2.31. The van der Waals surface area contributed by atoms with E-state index in [0.29, 0.717) is 12.1 Å². The van der Waals surface area contributed by atoms with Gasteiger partial charge in [-0.05, 0) is 13.3 Å². The average Bonchev–Trinajstić information content (AvgIpc) is 1.87. The maximum absolute atomic E-state index is 5.56. The lowest BCUT2D eigenvalue weighted by Gasteiger charge is -1.96. The van der Waals surface area contributed by atoms with Gasteiger partial charge in [0.2, 0.25) is 0 Å². The van der Waals surface area contributed by atoms with Crippen LogP contribution in [-0.2, 0) is 0 Å². The average molecular weight is 100 g/mol. The van der Waals surface area contributed by atoms with Crippen LogP contribution in [0.1, 0.15) is 13.3 Å². The van der Waals surface area contributed by atoms with Crippen molar-refractivity contribution in [3.05, 3.63) is 0 Å². The summed E-state index contributed by atoms with van der Waals surface area (Å²) in [4.78, 5) is 0. The van der Waals surface area contributed by atoms with Crippen LogP contribution in [0.4, 0.5) is 0 Å². The Bertz CT molecular complexity index is 55.1. The van der Waals surface area contributed by atoms with E-state index in [4.69, 9.17) is 5.73 Å². The molecule has 1 saturated heterocycles. The summed E-state index contributed by atoms with van der Waals surface area (Å²) in [6.07, 6.45) is 1.14. The standard InChI is InChI=1S/C5H12N2/c1-4-2-5(6)3-7-4/h4-5,7H,2-3,6H2,1H3/t4-,5+/m0/s1. The second-order valence-corrected chi connectivity index (χ2v) is 2.31. The highest BCUT2D eigenvalue weighted by Crippen LogP contribution is 2.01.